The molecule has 170 valence electrons. The van der Waals surface area contributed by atoms with Gasteiger partial charge in [0.1, 0.15) is 0 Å². The molecule has 1 atom stereocenters. The lowest BCUT2D eigenvalue weighted by molar-refractivity contribution is 0.0951. The van der Waals surface area contributed by atoms with E-state index in [-0.39, 0.29) is 10.8 Å². The zero-order valence-electron chi connectivity index (χ0n) is 18.7. The number of amides is 1. The number of benzene rings is 3. The van der Waals surface area contributed by atoms with Gasteiger partial charge in [-0.05, 0) is 83.7 Å². The molecule has 0 spiro atoms. The Morgan fingerprint density at radius 1 is 1.12 bits per heavy atom. The largest absolute Gasteiger partial charge is 0.349 e. The maximum absolute atomic E-state index is 13.2. The Morgan fingerprint density at radius 2 is 1.88 bits per heavy atom. The summed E-state index contributed by atoms with van der Waals surface area (Å²) in [5, 5.41) is 3.82. The normalized spacial score (nSPS) is 13.4. The summed E-state index contributed by atoms with van der Waals surface area (Å²) in [5.41, 5.74) is 4.68. The van der Waals surface area contributed by atoms with E-state index >= 15 is 0 Å². The summed E-state index contributed by atoms with van der Waals surface area (Å²) >= 11 is 0. The number of nitrogens with zero attached hydrogens (tertiary/aromatic N) is 1. The van der Waals surface area contributed by atoms with Gasteiger partial charge in [-0.3, -0.25) is 9.10 Å². The van der Waals surface area contributed by atoms with E-state index in [0.29, 0.717) is 22.9 Å². The van der Waals surface area contributed by atoms with Gasteiger partial charge in [0.2, 0.25) is 0 Å². The zero-order valence-corrected chi connectivity index (χ0v) is 20.7. The van der Waals surface area contributed by atoms with Crippen molar-refractivity contribution < 1.29 is 13.2 Å². The van der Waals surface area contributed by atoms with E-state index in [4.69, 9.17) is 0 Å². The Balaban J connectivity index is 1.70. The molecule has 0 aromatic heterocycles. The van der Waals surface area contributed by atoms with Crippen LogP contribution in [-0.4, -0.2) is 27.4 Å². The molecular weight excluding hydrogens is 451 g/mol. The molecule has 3 aromatic carbocycles. The topological polar surface area (TPSA) is 66.5 Å². The number of sulfonamides is 1. The summed E-state index contributed by atoms with van der Waals surface area (Å²) in [6, 6.07) is 18.3. The van der Waals surface area contributed by atoms with Crippen molar-refractivity contribution in [1.82, 2.24) is 5.32 Å². The SMILES string of the molecule is C=Cc1cc(-c2cc(C(=O)NC3CC3)ccc2C)ccc1N(C)S(=O)(=O)c1cccc(P)c1. The smallest absolute Gasteiger partial charge is 0.264 e. The number of carbonyl (C=O) groups is 1. The van der Waals surface area contributed by atoms with Gasteiger partial charge in [-0.15, -0.1) is 9.24 Å². The Morgan fingerprint density at radius 3 is 2.55 bits per heavy atom. The third-order valence-corrected chi connectivity index (χ3v) is 7.95. The average Bonchev–Trinajstić information content (AvgIpc) is 3.62. The minimum absolute atomic E-state index is 0.0681. The van der Waals surface area contributed by atoms with E-state index in [1.807, 2.05) is 43.3 Å². The second-order valence-corrected chi connectivity index (χ2v) is 10.9. The molecular formula is C26H27N2O3PS. The number of carbonyl (C=O) groups excluding carboxylic acids is 1. The molecule has 1 unspecified atom stereocenters. The van der Waals surface area contributed by atoms with Crippen molar-refractivity contribution in [2.24, 2.45) is 0 Å². The average molecular weight is 479 g/mol. The molecule has 1 saturated carbocycles. The Labute approximate surface area is 197 Å². The highest BCUT2D eigenvalue weighted by Crippen LogP contribution is 2.33. The van der Waals surface area contributed by atoms with Crippen LogP contribution in [0.4, 0.5) is 5.69 Å². The fourth-order valence-corrected chi connectivity index (χ4v) is 5.39. The number of aryl methyl sites for hydroxylation is 1. The summed E-state index contributed by atoms with van der Waals surface area (Å²) < 4.78 is 27.7. The summed E-state index contributed by atoms with van der Waals surface area (Å²) in [6.07, 6.45) is 3.72. The third-order valence-electron chi connectivity index (χ3n) is 5.83. The van der Waals surface area contributed by atoms with E-state index < -0.39 is 10.0 Å². The number of rotatable bonds is 7. The number of hydrogen-bond acceptors (Lipinski definition) is 3. The van der Waals surface area contributed by atoms with E-state index in [1.165, 1.54) is 4.31 Å². The molecule has 0 radical (unpaired) electrons. The first kappa shape index (κ1) is 23.2. The van der Waals surface area contributed by atoms with Gasteiger partial charge in [-0.1, -0.05) is 36.9 Å². The van der Waals surface area contributed by atoms with Crippen LogP contribution < -0.4 is 14.9 Å². The molecule has 1 aliphatic carbocycles. The number of hydrogen-bond donors (Lipinski definition) is 1. The molecule has 0 bridgehead atoms. The molecule has 0 heterocycles. The second kappa shape index (κ2) is 9.12. The van der Waals surface area contributed by atoms with Crippen LogP contribution in [0.2, 0.25) is 0 Å². The summed E-state index contributed by atoms with van der Waals surface area (Å²) in [6.45, 7) is 5.89. The van der Waals surface area contributed by atoms with Crippen molar-refractivity contribution in [2.45, 2.75) is 30.7 Å². The molecule has 1 amide bonds. The van der Waals surface area contributed by atoms with Crippen molar-refractivity contribution in [3.8, 4) is 11.1 Å². The van der Waals surface area contributed by atoms with Gasteiger partial charge in [0.15, 0.2) is 0 Å². The van der Waals surface area contributed by atoms with Crippen LogP contribution >= 0.6 is 9.24 Å². The molecule has 4 rings (SSSR count). The fraction of sp³-hybridized carbons (Fsp3) is 0.192. The van der Waals surface area contributed by atoms with Crippen LogP contribution in [0, 0.1) is 6.92 Å². The zero-order chi connectivity index (χ0) is 23.8. The van der Waals surface area contributed by atoms with Gasteiger partial charge < -0.3 is 5.32 Å². The molecule has 0 saturated heterocycles. The lowest BCUT2D eigenvalue weighted by atomic mass is 9.96. The van der Waals surface area contributed by atoms with Crippen LogP contribution in [0.5, 0.6) is 0 Å². The Bertz CT molecular complexity index is 1350. The standard InChI is InChI=1S/C26H27N2O3PS/c1-4-18-14-19(24-15-20(9-8-17(24)2)26(29)27-21-11-12-21)10-13-25(18)28(3)33(30,31)23-7-5-6-22(32)16-23/h4-10,13-16,21H,1,11-12,32H2,2-3H3,(H,27,29). The Hall–Kier alpha value is -2.95. The van der Waals surface area contributed by atoms with Crippen molar-refractivity contribution in [3.63, 3.8) is 0 Å². The van der Waals surface area contributed by atoms with E-state index in [2.05, 4.69) is 21.1 Å². The minimum Gasteiger partial charge on any atom is -0.349 e. The first-order valence-electron chi connectivity index (χ1n) is 10.7. The van der Waals surface area contributed by atoms with Gasteiger partial charge in [0, 0.05) is 18.7 Å². The molecule has 1 fully saturated rings. The first-order valence-corrected chi connectivity index (χ1v) is 12.8. The van der Waals surface area contributed by atoms with Crippen molar-refractivity contribution in [2.75, 3.05) is 11.4 Å². The van der Waals surface area contributed by atoms with Crippen molar-refractivity contribution >= 4 is 42.2 Å². The molecule has 1 aliphatic rings. The van der Waals surface area contributed by atoms with E-state index in [0.717, 1.165) is 34.8 Å². The highest BCUT2D eigenvalue weighted by Gasteiger charge is 2.25. The van der Waals surface area contributed by atoms with Gasteiger partial charge in [-0.2, -0.15) is 0 Å². The van der Waals surface area contributed by atoms with Crippen LogP contribution in [-0.2, 0) is 10.0 Å². The third kappa shape index (κ3) is 4.87. The minimum atomic E-state index is -3.74. The fourth-order valence-electron chi connectivity index (χ4n) is 3.71. The molecule has 33 heavy (non-hydrogen) atoms. The predicted octanol–water partition coefficient (Wildman–Crippen LogP) is 4.52. The lowest BCUT2D eigenvalue weighted by Crippen LogP contribution is -2.27. The quantitative estimate of drug-likeness (QED) is 0.508. The van der Waals surface area contributed by atoms with Crippen LogP contribution in [0.1, 0.15) is 34.3 Å². The summed E-state index contributed by atoms with van der Waals surface area (Å²) in [5.74, 6) is -0.0681. The highest BCUT2D eigenvalue weighted by atomic mass is 32.2. The molecule has 5 nitrogen and oxygen atoms in total. The monoisotopic (exact) mass is 478 g/mol. The van der Waals surface area contributed by atoms with Crippen LogP contribution in [0.3, 0.4) is 0 Å². The van der Waals surface area contributed by atoms with Gasteiger partial charge in [-0.25, -0.2) is 8.42 Å². The highest BCUT2D eigenvalue weighted by molar-refractivity contribution is 7.92. The lowest BCUT2D eigenvalue weighted by Gasteiger charge is -2.22. The van der Waals surface area contributed by atoms with Gasteiger partial charge in [0.05, 0.1) is 10.6 Å². The number of nitrogens with one attached hydrogen (secondary N) is 1. The summed E-state index contributed by atoms with van der Waals surface area (Å²) in [4.78, 5) is 12.7. The van der Waals surface area contributed by atoms with Gasteiger partial charge >= 0.3 is 0 Å². The van der Waals surface area contributed by atoms with Crippen LogP contribution in [0.15, 0.2) is 72.1 Å². The second-order valence-electron chi connectivity index (χ2n) is 8.30. The van der Waals surface area contributed by atoms with Gasteiger partial charge in [0.25, 0.3) is 15.9 Å². The van der Waals surface area contributed by atoms with Crippen LogP contribution in [0.25, 0.3) is 17.2 Å². The summed E-state index contributed by atoms with van der Waals surface area (Å²) in [7, 11) is 0.324. The van der Waals surface area contributed by atoms with Crippen molar-refractivity contribution in [3.05, 3.63) is 83.9 Å². The van der Waals surface area contributed by atoms with E-state index in [9.17, 15) is 13.2 Å². The Kier molecular flexibility index (Phi) is 6.42. The molecule has 3 aromatic rings. The predicted molar refractivity (Wildman–Crippen MR) is 139 cm³/mol. The molecule has 7 heteroatoms. The maximum atomic E-state index is 13.2. The van der Waals surface area contributed by atoms with E-state index in [1.54, 1.807) is 37.4 Å². The number of anilines is 1. The van der Waals surface area contributed by atoms with Crippen molar-refractivity contribution in [1.29, 1.82) is 0 Å². The first-order chi connectivity index (χ1) is 15.7. The molecule has 1 N–H and O–H groups in total. The maximum Gasteiger partial charge on any atom is 0.264 e. The molecule has 0 aliphatic heterocycles.